The second-order valence-corrected chi connectivity index (χ2v) is 2.02. The van der Waals surface area contributed by atoms with Crippen LogP contribution < -0.4 is 0 Å². The molecule has 0 N–H and O–H groups in total. The number of ether oxygens (including phenoxy) is 1. The molecule has 0 aliphatic heterocycles. The average Bonchev–Trinajstić information content (AvgIpc) is 2.03. The highest BCUT2D eigenvalue weighted by atomic mass is 16.5. The van der Waals surface area contributed by atoms with Crippen LogP contribution in [0.4, 0.5) is 0 Å². The predicted octanol–water partition coefficient (Wildman–Crippen LogP) is 1.83. The van der Waals surface area contributed by atoms with E-state index in [4.69, 9.17) is 11.2 Å². The topological polar surface area (TPSA) is 9.23 Å². The third-order valence-electron chi connectivity index (χ3n) is 1.06. The zero-order chi connectivity index (χ0) is 8.36. The molecule has 0 aliphatic rings. The molecule has 0 spiro atoms. The molecule has 0 amide bonds. The fourth-order valence-corrected chi connectivity index (χ4v) is 0.570. The van der Waals surface area contributed by atoms with E-state index in [0.717, 1.165) is 12.8 Å². The number of hydrogen-bond donors (Lipinski definition) is 0. The van der Waals surface area contributed by atoms with Gasteiger partial charge in [-0.05, 0) is 0 Å². The minimum atomic E-state index is 0.657. The van der Waals surface area contributed by atoms with Crippen molar-refractivity contribution in [3.63, 3.8) is 0 Å². The molecule has 0 aliphatic carbocycles. The summed E-state index contributed by atoms with van der Waals surface area (Å²) >= 11 is 0. The molecule has 60 valence electrons. The van der Waals surface area contributed by atoms with Gasteiger partial charge in [-0.15, -0.1) is 24.2 Å². The summed E-state index contributed by atoms with van der Waals surface area (Å²) in [4.78, 5) is 0. The first-order valence-corrected chi connectivity index (χ1v) is 3.88. The van der Waals surface area contributed by atoms with Gasteiger partial charge in [-0.2, -0.15) is 0 Å². The van der Waals surface area contributed by atoms with Crippen molar-refractivity contribution >= 4 is 0 Å². The summed E-state index contributed by atoms with van der Waals surface area (Å²) in [6, 6.07) is 0. The molecule has 0 aromatic heterocycles. The lowest BCUT2D eigenvalue weighted by atomic mass is 10.4. The molecule has 0 radical (unpaired) electrons. The van der Waals surface area contributed by atoms with Crippen LogP contribution in [0.25, 0.3) is 0 Å². The molecule has 1 heteroatoms. The lowest BCUT2D eigenvalue weighted by Crippen LogP contribution is -1.94. The molecule has 0 aromatic rings. The highest BCUT2D eigenvalue weighted by molar-refractivity contribution is 4.97. The van der Waals surface area contributed by atoms with Gasteiger partial charge in [0.2, 0.25) is 0 Å². The van der Waals surface area contributed by atoms with Crippen LogP contribution in [0.2, 0.25) is 0 Å². The summed E-state index contributed by atoms with van der Waals surface area (Å²) in [7, 11) is 0. The van der Waals surface area contributed by atoms with Crippen molar-refractivity contribution in [2.75, 3.05) is 13.2 Å². The lowest BCUT2D eigenvalue weighted by molar-refractivity contribution is 0.146. The summed E-state index contributed by atoms with van der Waals surface area (Å²) < 4.78 is 5.18. The molecule has 0 fully saturated rings. The summed E-state index contributed by atoms with van der Waals surface area (Å²) in [5.41, 5.74) is 0. The third-order valence-corrected chi connectivity index (χ3v) is 1.06. The number of terminal acetylenes is 1. The monoisotopic (exact) mass is 150 g/mol. The molecule has 0 saturated heterocycles. The molecule has 0 unspecified atom stereocenters. The van der Waals surface area contributed by atoms with Gasteiger partial charge in [0.05, 0.1) is 13.2 Å². The molecular weight excluding hydrogens is 136 g/mol. The van der Waals surface area contributed by atoms with Crippen LogP contribution in [-0.4, -0.2) is 13.2 Å². The first-order valence-electron chi connectivity index (χ1n) is 3.88. The van der Waals surface area contributed by atoms with Crippen LogP contribution in [0.15, 0.2) is 0 Å². The van der Waals surface area contributed by atoms with Gasteiger partial charge in [0.1, 0.15) is 0 Å². The molecule has 0 heterocycles. The smallest absolute Gasteiger partial charge is 0.0576 e. The highest BCUT2D eigenvalue weighted by Gasteiger charge is 1.82. The Morgan fingerprint density at radius 3 is 2.55 bits per heavy atom. The van der Waals surface area contributed by atoms with Crippen LogP contribution in [0.5, 0.6) is 0 Å². The van der Waals surface area contributed by atoms with E-state index in [2.05, 4.69) is 17.8 Å². The van der Waals surface area contributed by atoms with Crippen molar-refractivity contribution in [2.45, 2.75) is 26.2 Å². The van der Waals surface area contributed by atoms with Crippen molar-refractivity contribution in [1.29, 1.82) is 0 Å². The van der Waals surface area contributed by atoms with Crippen LogP contribution in [-0.2, 0) is 4.74 Å². The fraction of sp³-hybridized carbons (Fsp3) is 0.600. The first kappa shape index (κ1) is 10.1. The van der Waals surface area contributed by atoms with Crippen molar-refractivity contribution in [2.24, 2.45) is 0 Å². The zero-order valence-electron chi connectivity index (χ0n) is 7.02. The van der Waals surface area contributed by atoms with Crippen LogP contribution in [0, 0.1) is 24.2 Å². The minimum absolute atomic E-state index is 0.657. The van der Waals surface area contributed by atoms with E-state index < -0.39 is 0 Å². The third kappa shape index (κ3) is 9.08. The Bertz CT molecular complexity index is 166. The second kappa shape index (κ2) is 9.08. The fourth-order valence-electron chi connectivity index (χ4n) is 0.570. The average molecular weight is 150 g/mol. The lowest BCUT2D eigenvalue weighted by Gasteiger charge is -1.95. The van der Waals surface area contributed by atoms with Gasteiger partial charge >= 0.3 is 0 Å². The summed E-state index contributed by atoms with van der Waals surface area (Å²) in [6.45, 7) is 3.39. The molecule has 0 bridgehead atoms. The van der Waals surface area contributed by atoms with Crippen LogP contribution in [0.1, 0.15) is 26.2 Å². The van der Waals surface area contributed by atoms with E-state index >= 15 is 0 Å². The van der Waals surface area contributed by atoms with Crippen LogP contribution in [0.3, 0.4) is 0 Å². The normalized spacial score (nSPS) is 8.00. The van der Waals surface area contributed by atoms with E-state index in [1.807, 2.05) is 6.92 Å². The maximum absolute atomic E-state index is 5.18. The SMILES string of the molecule is C#CCCOCCC#CCC. The maximum atomic E-state index is 5.18. The molecule has 11 heavy (non-hydrogen) atoms. The first-order chi connectivity index (χ1) is 5.41. The van der Waals surface area contributed by atoms with Crippen molar-refractivity contribution in [1.82, 2.24) is 0 Å². The Morgan fingerprint density at radius 2 is 1.91 bits per heavy atom. The Kier molecular flexibility index (Phi) is 8.32. The number of rotatable bonds is 4. The van der Waals surface area contributed by atoms with Gasteiger partial charge in [0.15, 0.2) is 0 Å². The Balaban J connectivity index is 2.97. The van der Waals surface area contributed by atoms with E-state index in [9.17, 15) is 0 Å². The standard InChI is InChI=1S/C10H14O/c1-3-5-7-8-10-11-9-6-4-2/h2H,3,6,8-10H2,1H3. The van der Waals surface area contributed by atoms with Crippen molar-refractivity contribution in [3.8, 4) is 24.2 Å². The maximum Gasteiger partial charge on any atom is 0.0576 e. The van der Waals surface area contributed by atoms with Crippen LogP contribution >= 0.6 is 0 Å². The van der Waals surface area contributed by atoms with Gasteiger partial charge in [-0.1, -0.05) is 6.92 Å². The van der Waals surface area contributed by atoms with Gasteiger partial charge < -0.3 is 4.74 Å². The summed E-state index contributed by atoms with van der Waals surface area (Å²) in [5, 5.41) is 0. The van der Waals surface area contributed by atoms with Crippen molar-refractivity contribution < 1.29 is 4.74 Å². The van der Waals surface area contributed by atoms with E-state index in [-0.39, 0.29) is 0 Å². The van der Waals surface area contributed by atoms with E-state index in [1.54, 1.807) is 0 Å². The molecule has 1 nitrogen and oxygen atoms in total. The number of hydrogen-bond acceptors (Lipinski definition) is 1. The summed E-state index contributed by atoms with van der Waals surface area (Å²) in [6.07, 6.45) is 7.47. The molecular formula is C10H14O. The molecule has 0 rings (SSSR count). The molecule has 0 saturated carbocycles. The second-order valence-electron chi connectivity index (χ2n) is 2.02. The van der Waals surface area contributed by atoms with E-state index in [0.29, 0.717) is 19.6 Å². The van der Waals surface area contributed by atoms with Gasteiger partial charge in [0, 0.05) is 19.3 Å². The predicted molar refractivity (Wildman–Crippen MR) is 47.0 cm³/mol. The quantitative estimate of drug-likeness (QED) is 0.439. The summed E-state index contributed by atoms with van der Waals surface area (Å²) in [5.74, 6) is 8.46. The van der Waals surface area contributed by atoms with E-state index in [1.165, 1.54) is 0 Å². The Morgan fingerprint density at radius 1 is 1.18 bits per heavy atom. The van der Waals surface area contributed by atoms with Crippen molar-refractivity contribution in [3.05, 3.63) is 0 Å². The molecule has 0 atom stereocenters. The largest absolute Gasteiger partial charge is 0.379 e. The molecule has 0 aromatic carbocycles. The Labute approximate surface area is 69.1 Å². The Hall–Kier alpha value is -0.920. The minimum Gasteiger partial charge on any atom is -0.379 e. The van der Waals surface area contributed by atoms with Gasteiger partial charge in [-0.25, -0.2) is 0 Å². The zero-order valence-corrected chi connectivity index (χ0v) is 7.02. The van der Waals surface area contributed by atoms with Gasteiger partial charge in [-0.3, -0.25) is 0 Å². The highest BCUT2D eigenvalue weighted by Crippen LogP contribution is 1.83. The van der Waals surface area contributed by atoms with Gasteiger partial charge in [0.25, 0.3) is 0 Å².